The third kappa shape index (κ3) is 4.95. The van der Waals surface area contributed by atoms with Gasteiger partial charge in [0.05, 0.1) is 12.1 Å². The number of aliphatic carboxylic acids is 1. The van der Waals surface area contributed by atoms with Gasteiger partial charge in [-0.05, 0) is 45.9 Å². The summed E-state index contributed by atoms with van der Waals surface area (Å²) in [6.45, 7) is 7.40. The molecule has 0 unspecified atom stereocenters. The quantitative estimate of drug-likeness (QED) is 0.733. The minimum atomic E-state index is -1.09. The Hall–Kier alpha value is -2.61. The number of ether oxygens (including phenoxy) is 2. The molecule has 2 aromatic rings. The molecule has 0 spiro atoms. The van der Waals surface area contributed by atoms with Gasteiger partial charge >= 0.3 is 5.97 Å². The fourth-order valence-corrected chi connectivity index (χ4v) is 3.05. The smallest absolute Gasteiger partial charge is 0.341 e. The SMILES string of the molecule is CCOc1cc(C(=O)NC(C)(C)c2ncc(C)s2)ccc1OCC(=O)O. The predicted octanol–water partition coefficient (Wildman–Crippen LogP) is 2.98. The van der Waals surface area contributed by atoms with Crippen LogP contribution in [-0.2, 0) is 10.3 Å². The van der Waals surface area contributed by atoms with Crippen molar-refractivity contribution in [2.45, 2.75) is 33.2 Å². The molecule has 0 fully saturated rings. The molecule has 0 atom stereocenters. The molecule has 0 aliphatic rings. The lowest BCUT2D eigenvalue weighted by molar-refractivity contribution is -0.139. The van der Waals surface area contributed by atoms with Crippen molar-refractivity contribution in [3.05, 3.63) is 39.8 Å². The van der Waals surface area contributed by atoms with Gasteiger partial charge in [-0.3, -0.25) is 4.79 Å². The topological polar surface area (TPSA) is 97.8 Å². The van der Waals surface area contributed by atoms with E-state index in [1.54, 1.807) is 25.3 Å². The van der Waals surface area contributed by atoms with E-state index < -0.39 is 18.1 Å². The first-order valence-electron chi connectivity index (χ1n) is 8.09. The van der Waals surface area contributed by atoms with E-state index in [1.165, 1.54) is 17.4 Å². The van der Waals surface area contributed by atoms with Crippen molar-refractivity contribution in [2.24, 2.45) is 0 Å². The summed E-state index contributed by atoms with van der Waals surface area (Å²) in [5.74, 6) is -0.770. The van der Waals surface area contributed by atoms with Crippen molar-refractivity contribution in [2.75, 3.05) is 13.2 Å². The van der Waals surface area contributed by atoms with Crippen LogP contribution in [0.1, 0.15) is 41.0 Å². The zero-order valence-electron chi connectivity index (χ0n) is 15.2. The van der Waals surface area contributed by atoms with Gasteiger partial charge in [-0.2, -0.15) is 0 Å². The third-order valence-electron chi connectivity index (χ3n) is 3.44. The van der Waals surface area contributed by atoms with Crippen LogP contribution >= 0.6 is 11.3 Å². The summed E-state index contributed by atoms with van der Waals surface area (Å²) in [5.41, 5.74) is -0.238. The van der Waals surface area contributed by atoms with Gasteiger partial charge in [0.25, 0.3) is 5.91 Å². The molecule has 0 aliphatic carbocycles. The maximum atomic E-state index is 12.6. The molecule has 0 bridgehead atoms. The third-order valence-corrected chi connectivity index (χ3v) is 4.68. The second-order valence-electron chi connectivity index (χ2n) is 6.13. The van der Waals surface area contributed by atoms with Crippen LogP contribution in [0.3, 0.4) is 0 Å². The van der Waals surface area contributed by atoms with Crippen molar-refractivity contribution in [3.8, 4) is 11.5 Å². The van der Waals surface area contributed by atoms with Gasteiger partial charge < -0.3 is 19.9 Å². The number of hydrogen-bond donors (Lipinski definition) is 2. The number of nitrogens with zero attached hydrogens (tertiary/aromatic N) is 1. The first-order chi connectivity index (χ1) is 12.2. The second kappa shape index (κ2) is 8.18. The van der Waals surface area contributed by atoms with E-state index in [0.29, 0.717) is 17.9 Å². The number of hydrogen-bond acceptors (Lipinski definition) is 6. The molecule has 1 aromatic heterocycles. The summed E-state index contributed by atoms with van der Waals surface area (Å²) in [7, 11) is 0. The number of thiazole rings is 1. The molecule has 26 heavy (non-hydrogen) atoms. The Morgan fingerprint density at radius 1 is 1.27 bits per heavy atom. The standard InChI is InChI=1S/C18H22N2O5S/c1-5-24-14-8-12(6-7-13(14)25-10-15(21)22)16(23)20-18(3,4)17-19-9-11(2)26-17/h6-9H,5,10H2,1-4H3,(H,20,23)(H,21,22). The van der Waals surface area contributed by atoms with Crippen LogP contribution in [0.15, 0.2) is 24.4 Å². The van der Waals surface area contributed by atoms with Gasteiger partial charge in [0.2, 0.25) is 0 Å². The molecule has 140 valence electrons. The molecule has 0 saturated heterocycles. The van der Waals surface area contributed by atoms with Gasteiger partial charge in [-0.1, -0.05) is 0 Å². The summed E-state index contributed by atoms with van der Waals surface area (Å²) in [6.07, 6.45) is 1.77. The Morgan fingerprint density at radius 2 is 2.00 bits per heavy atom. The van der Waals surface area contributed by atoms with E-state index in [-0.39, 0.29) is 11.7 Å². The second-order valence-corrected chi connectivity index (χ2v) is 7.37. The summed E-state index contributed by atoms with van der Waals surface area (Å²) in [6, 6.07) is 4.64. The molecule has 0 aliphatic heterocycles. The molecular formula is C18H22N2O5S. The number of carboxylic acid groups (broad SMARTS) is 1. The Balaban J connectivity index is 2.20. The predicted molar refractivity (Wildman–Crippen MR) is 98.1 cm³/mol. The molecule has 0 radical (unpaired) electrons. The highest BCUT2D eigenvalue weighted by atomic mass is 32.1. The molecule has 1 aromatic carbocycles. The van der Waals surface area contributed by atoms with Crippen LogP contribution in [0.4, 0.5) is 0 Å². The Bertz CT molecular complexity index is 801. The summed E-state index contributed by atoms with van der Waals surface area (Å²) in [4.78, 5) is 28.7. The lowest BCUT2D eigenvalue weighted by atomic mass is 10.1. The fraction of sp³-hybridized carbons (Fsp3) is 0.389. The van der Waals surface area contributed by atoms with Crippen LogP contribution in [0, 0.1) is 6.92 Å². The number of nitrogens with one attached hydrogen (secondary N) is 1. The average Bonchev–Trinajstić information content (AvgIpc) is 3.01. The van der Waals surface area contributed by atoms with Crippen LogP contribution in [-0.4, -0.2) is 35.2 Å². The Labute approximate surface area is 156 Å². The summed E-state index contributed by atoms with van der Waals surface area (Å²) >= 11 is 1.53. The monoisotopic (exact) mass is 378 g/mol. The van der Waals surface area contributed by atoms with Crippen molar-refractivity contribution >= 4 is 23.2 Å². The van der Waals surface area contributed by atoms with E-state index in [9.17, 15) is 9.59 Å². The Morgan fingerprint density at radius 3 is 2.58 bits per heavy atom. The number of amides is 1. The zero-order valence-corrected chi connectivity index (χ0v) is 16.0. The van der Waals surface area contributed by atoms with E-state index in [0.717, 1.165) is 9.88 Å². The molecule has 8 heteroatoms. The highest BCUT2D eigenvalue weighted by Gasteiger charge is 2.27. The van der Waals surface area contributed by atoms with Gasteiger partial charge in [0.15, 0.2) is 18.1 Å². The van der Waals surface area contributed by atoms with E-state index in [2.05, 4.69) is 10.3 Å². The van der Waals surface area contributed by atoms with Crippen LogP contribution in [0.5, 0.6) is 11.5 Å². The average molecular weight is 378 g/mol. The summed E-state index contributed by atoms with van der Waals surface area (Å²) in [5, 5.41) is 12.5. The zero-order chi connectivity index (χ0) is 19.3. The minimum Gasteiger partial charge on any atom is -0.490 e. The van der Waals surface area contributed by atoms with Gasteiger partial charge in [0.1, 0.15) is 5.01 Å². The normalized spacial score (nSPS) is 11.1. The van der Waals surface area contributed by atoms with Gasteiger partial charge in [0, 0.05) is 16.6 Å². The van der Waals surface area contributed by atoms with Crippen LogP contribution < -0.4 is 14.8 Å². The number of carbonyl (C=O) groups excluding carboxylic acids is 1. The maximum Gasteiger partial charge on any atom is 0.341 e. The fourth-order valence-electron chi connectivity index (χ4n) is 2.23. The number of carboxylic acids is 1. The lowest BCUT2D eigenvalue weighted by Gasteiger charge is -2.24. The molecular weight excluding hydrogens is 356 g/mol. The molecule has 2 N–H and O–H groups in total. The van der Waals surface area contributed by atoms with Crippen molar-refractivity contribution in [1.82, 2.24) is 10.3 Å². The number of rotatable bonds is 8. The highest BCUT2D eigenvalue weighted by molar-refractivity contribution is 7.11. The lowest BCUT2D eigenvalue weighted by Crippen LogP contribution is -2.40. The van der Waals surface area contributed by atoms with Gasteiger partial charge in [-0.25, -0.2) is 9.78 Å². The highest BCUT2D eigenvalue weighted by Crippen LogP contribution is 2.30. The number of aromatic nitrogens is 1. The summed E-state index contributed by atoms with van der Waals surface area (Å²) < 4.78 is 10.7. The van der Waals surface area contributed by atoms with Crippen molar-refractivity contribution < 1.29 is 24.2 Å². The minimum absolute atomic E-state index is 0.278. The molecule has 1 amide bonds. The largest absolute Gasteiger partial charge is 0.490 e. The van der Waals surface area contributed by atoms with E-state index >= 15 is 0 Å². The van der Waals surface area contributed by atoms with Crippen molar-refractivity contribution in [3.63, 3.8) is 0 Å². The van der Waals surface area contributed by atoms with Crippen LogP contribution in [0.2, 0.25) is 0 Å². The maximum absolute atomic E-state index is 12.6. The van der Waals surface area contributed by atoms with E-state index in [4.69, 9.17) is 14.6 Å². The number of carbonyl (C=O) groups is 2. The number of aryl methyl sites for hydroxylation is 1. The molecule has 7 nitrogen and oxygen atoms in total. The Kier molecular flexibility index (Phi) is 6.20. The first-order valence-corrected chi connectivity index (χ1v) is 8.91. The van der Waals surface area contributed by atoms with Gasteiger partial charge in [-0.15, -0.1) is 11.3 Å². The van der Waals surface area contributed by atoms with Crippen molar-refractivity contribution in [1.29, 1.82) is 0 Å². The van der Waals surface area contributed by atoms with E-state index in [1.807, 2.05) is 20.8 Å². The molecule has 1 heterocycles. The molecule has 0 saturated carbocycles. The number of benzene rings is 1. The molecule has 2 rings (SSSR count). The van der Waals surface area contributed by atoms with Crippen LogP contribution in [0.25, 0.3) is 0 Å². The first kappa shape index (κ1) is 19.7.